The number of carbonyl (C=O) groups is 1. The molecule has 0 N–H and O–H groups in total. The van der Waals surface area contributed by atoms with Crippen molar-refractivity contribution in [3.8, 4) is 17.0 Å². The van der Waals surface area contributed by atoms with E-state index in [4.69, 9.17) is 14.2 Å². The smallest absolute Gasteiger partial charge is 0.410 e. The first-order chi connectivity index (χ1) is 17.8. The van der Waals surface area contributed by atoms with Gasteiger partial charge in [0.15, 0.2) is 0 Å². The van der Waals surface area contributed by atoms with Gasteiger partial charge >= 0.3 is 6.09 Å². The fraction of sp³-hybridized carbons (Fsp3) is 0.367. The number of benzene rings is 2. The molecule has 2 aromatic carbocycles. The number of hydrogen-bond donors (Lipinski definition) is 0. The third kappa shape index (κ3) is 5.52. The van der Waals surface area contributed by atoms with Gasteiger partial charge in [-0.1, -0.05) is 30.3 Å². The van der Waals surface area contributed by atoms with Gasteiger partial charge in [0, 0.05) is 54.4 Å². The quantitative estimate of drug-likeness (QED) is 0.317. The molecule has 1 aliphatic rings. The molecule has 3 heterocycles. The van der Waals surface area contributed by atoms with Crippen molar-refractivity contribution in [3.05, 3.63) is 66.4 Å². The number of amides is 1. The van der Waals surface area contributed by atoms with Gasteiger partial charge < -0.3 is 19.1 Å². The second kappa shape index (κ2) is 10.3. The molecule has 2 aromatic heterocycles. The lowest BCUT2D eigenvalue weighted by molar-refractivity contribution is -0.00807. The minimum atomic E-state index is -0.571. The van der Waals surface area contributed by atoms with Crippen LogP contribution in [0.4, 0.5) is 4.79 Å². The summed E-state index contributed by atoms with van der Waals surface area (Å²) in [7, 11) is 1.63. The fourth-order valence-electron chi connectivity index (χ4n) is 4.85. The largest absolute Gasteiger partial charge is 0.481 e. The first-order valence-corrected chi connectivity index (χ1v) is 12.7. The lowest BCUT2D eigenvalue weighted by Gasteiger charge is -2.35. The van der Waals surface area contributed by atoms with Crippen LogP contribution in [0.2, 0.25) is 0 Å². The van der Waals surface area contributed by atoms with E-state index < -0.39 is 5.60 Å². The summed E-state index contributed by atoms with van der Waals surface area (Å²) in [5.41, 5.74) is 4.17. The maximum atomic E-state index is 13.3. The van der Waals surface area contributed by atoms with Crippen molar-refractivity contribution >= 4 is 27.9 Å². The van der Waals surface area contributed by atoms with E-state index in [0.717, 1.165) is 51.3 Å². The van der Waals surface area contributed by atoms with Crippen LogP contribution in [-0.4, -0.2) is 52.9 Å². The summed E-state index contributed by atoms with van der Waals surface area (Å²) in [5.74, 6) is 0.542. The van der Waals surface area contributed by atoms with Crippen molar-refractivity contribution in [2.75, 3.05) is 20.3 Å². The van der Waals surface area contributed by atoms with Crippen LogP contribution in [0.5, 0.6) is 5.88 Å². The molecule has 0 spiro atoms. The van der Waals surface area contributed by atoms with Gasteiger partial charge in [-0.05, 0) is 62.9 Å². The molecular formula is C30H33N3O4. The Morgan fingerprint density at radius 1 is 1.05 bits per heavy atom. The van der Waals surface area contributed by atoms with Gasteiger partial charge in [0.05, 0.1) is 18.1 Å². The predicted molar refractivity (Wildman–Crippen MR) is 145 cm³/mol. The molecule has 5 rings (SSSR count). The van der Waals surface area contributed by atoms with Crippen LogP contribution in [0.1, 0.15) is 39.2 Å². The molecule has 1 saturated heterocycles. The number of carbonyl (C=O) groups excluding carboxylic acids is 1. The van der Waals surface area contributed by atoms with Crippen LogP contribution in [0.3, 0.4) is 0 Å². The van der Waals surface area contributed by atoms with E-state index in [2.05, 4.69) is 34.2 Å². The summed E-state index contributed by atoms with van der Waals surface area (Å²) in [6.45, 7) is 7.41. The molecule has 7 nitrogen and oxygen atoms in total. The standard InChI is InChI=1S/C30H33N3O4/c1-30(2,3)37-29(34)33(22-12-15-36-16-13-22)19-20-10-11-26-25(17-20)24(18-27(32-26)35-4)23-9-5-7-21-8-6-14-31-28(21)23/h5-11,14,17-18,22H,12-13,15-16,19H2,1-4H3. The highest BCUT2D eigenvalue weighted by Crippen LogP contribution is 2.35. The van der Waals surface area contributed by atoms with Gasteiger partial charge in [-0.2, -0.15) is 0 Å². The lowest BCUT2D eigenvalue weighted by atomic mass is 9.97. The van der Waals surface area contributed by atoms with E-state index in [1.54, 1.807) is 7.11 Å². The number of methoxy groups -OCH3 is 1. The van der Waals surface area contributed by atoms with Crippen molar-refractivity contribution in [2.45, 2.75) is 51.8 Å². The highest BCUT2D eigenvalue weighted by Gasteiger charge is 2.30. The summed E-state index contributed by atoms with van der Waals surface area (Å²) in [6, 6.07) is 18.3. The van der Waals surface area contributed by atoms with Crippen molar-refractivity contribution < 1.29 is 19.0 Å². The van der Waals surface area contributed by atoms with E-state index in [-0.39, 0.29) is 12.1 Å². The van der Waals surface area contributed by atoms with Gasteiger partial charge in [0.25, 0.3) is 0 Å². The summed E-state index contributed by atoms with van der Waals surface area (Å²) in [5, 5.41) is 2.04. The molecule has 0 unspecified atom stereocenters. The molecule has 0 saturated carbocycles. The Bertz CT molecular complexity index is 1420. The normalized spacial score (nSPS) is 14.6. The average Bonchev–Trinajstić information content (AvgIpc) is 2.90. The Labute approximate surface area is 217 Å². The molecule has 1 amide bonds. The minimum Gasteiger partial charge on any atom is -0.481 e. The monoisotopic (exact) mass is 499 g/mol. The highest BCUT2D eigenvalue weighted by molar-refractivity contribution is 6.03. The highest BCUT2D eigenvalue weighted by atomic mass is 16.6. The zero-order valence-electron chi connectivity index (χ0n) is 21.9. The SMILES string of the molecule is COc1cc(-c2cccc3cccnc23)c2cc(CN(C(=O)OC(C)(C)C)C3CCOCC3)ccc2n1. The third-order valence-corrected chi connectivity index (χ3v) is 6.59. The molecule has 0 atom stereocenters. The third-order valence-electron chi connectivity index (χ3n) is 6.59. The number of ether oxygens (including phenoxy) is 3. The zero-order valence-corrected chi connectivity index (χ0v) is 21.9. The van der Waals surface area contributed by atoms with Gasteiger partial charge in [-0.3, -0.25) is 4.98 Å². The number of aromatic nitrogens is 2. The van der Waals surface area contributed by atoms with Crippen LogP contribution in [0.25, 0.3) is 32.9 Å². The molecule has 0 aliphatic carbocycles. The molecule has 37 heavy (non-hydrogen) atoms. The lowest BCUT2D eigenvalue weighted by Crippen LogP contribution is -2.45. The first-order valence-electron chi connectivity index (χ1n) is 12.7. The Kier molecular flexibility index (Phi) is 6.98. The van der Waals surface area contributed by atoms with Crippen LogP contribution < -0.4 is 4.74 Å². The molecule has 192 valence electrons. The van der Waals surface area contributed by atoms with Crippen LogP contribution in [-0.2, 0) is 16.0 Å². The maximum absolute atomic E-state index is 13.3. The van der Waals surface area contributed by atoms with Crippen LogP contribution in [0.15, 0.2) is 60.8 Å². The van der Waals surface area contributed by atoms with E-state index in [9.17, 15) is 4.79 Å². The summed E-state index contributed by atoms with van der Waals surface area (Å²) in [4.78, 5) is 24.5. The molecule has 0 bridgehead atoms. The average molecular weight is 500 g/mol. The van der Waals surface area contributed by atoms with Gasteiger partial charge in [-0.15, -0.1) is 0 Å². The number of pyridine rings is 2. The summed E-state index contributed by atoms with van der Waals surface area (Å²) >= 11 is 0. The molecule has 0 radical (unpaired) electrons. The first kappa shape index (κ1) is 25.0. The van der Waals surface area contributed by atoms with Gasteiger partial charge in [0.1, 0.15) is 5.60 Å². The molecule has 1 fully saturated rings. The molecule has 1 aliphatic heterocycles. The van der Waals surface area contributed by atoms with Crippen molar-refractivity contribution in [1.82, 2.24) is 14.9 Å². The van der Waals surface area contributed by atoms with Crippen molar-refractivity contribution in [1.29, 1.82) is 0 Å². The number of para-hydroxylation sites is 1. The number of rotatable bonds is 5. The maximum Gasteiger partial charge on any atom is 0.410 e. The Morgan fingerprint density at radius 2 is 1.84 bits per heavy atom. The second-order valence-corrected chi connectivity index (χ2v) is 10.4. The van der Waals surface area contributed by atoms with E-state index in [0.29, 0.717) is 25.6 Å². The van der Waals surface area contributed by atoms with E-state index in [1.807, 2.05) is 62.2 Å². The minimum absolute atomic E-state index is 0.0648. The number of fused-ring (bicyclic) bond motifs is 2. The van der Waals surface area contributed by atoms with E-state index in [1.165, 1.54) is 0 Å². The Hall–Kier alpha value is -3.71. The van der Waals surface area contributed by atoms with Crippen LogP contribution >= 0.6 is 0 Å². The molecule has 7 heteroatoms. The van der Waals surface area contributed by atoms with Crippen molar-refractivity contribution in [3.63, 3.8) is 0 Å². The zero-order chi connectivity index (χ0) is 26.0. The second-order valence-electron chi connectivity index (χ2n) is 10.4. The summed E-state index contributed by atoms with van der Waals surface area (Å²) < 4.78 is 16.9. The van der Waals surface area contributed by atoms with Gasteiger partial charge in [0.2, 0.25) is 5.88 Å². The number of hydrogen-bond acceptors (Lipinski definition) is 6. The summed E-state index contributed by atoms with van der Waals surface area (Å²) in [6.07, 6.45) is 3.09. The fourth-order valence-corrected chi connectivity index (χ4v) is 4.85. The number of nitrogens with zero attached hydrogens (tertiary/aromatic N) is 3. The predicted octanol–water partition coefficient (Wildman–Crippen LogP) is 6.37. The Balaban J connectivity index is 1.59. The van der Waals surface area contributed by atoms with Gasteiger partial charge in [-0.25, -0.2) is 9.78 Å². The van der Waals surface area contributed by atoms with E-state index >= 15 is 0 Å². The topological polar surface area (TPSA) is 73.8 Å². The van der Waals surface area contributed by atoms with Crippen LogP contribution in [0, 0.1) is 0 Å². The molecule has 4 aromatic rings. The van der Waals surface area contributed by atoms with Crippen molar-refractivity contribution in [2.24, 2.45) is 0 Å². The Morgan fingerprint density at radius 3 is 2.59 bits per heavy atom. The molecular weight excluding hydrogens is 466 g/mol.